The van der Waals surface area contributed by atoms with Crippen LogP contribution in [0.15, 0.2) is 42.6 Å². The van der Waals surface area contributed by atoms with Gasteiger partial charge in [-0.15, -0.1) is 11.3 Å². The maximum absolute atomic E-state index is 9.88. The van der Waals surface area contributed by atoms with E-state index in [1.54, 1.807) is 17.4 Å². The predicted molar refractivity (Wildman–Crippen MR) is 84.4 cm³/mol. The largest absolute Gasteiger partial charge is 0.507 e. The van der Waals surface area contributed by atoms with Crippen molar-refractivity contribution in [2.45, 2.75) is 19.9 Å². The Bertz CT molecular complexity index is 736. The minimum Gasteiger partial charge on any atom is -0.507 e. The Hall–Kier alpha value is -2.07. The van der Waals surface area contributed by atoms with E-state index in [1.165, 1.54) is 4.88 Å². The molecule has 0 atom stereocenters. The van der Waals surface area contributed by atoms with E-state index in [1.807, 2.05) is 36.5 Å². The van der Waals surface area contributed by atoms with Gasteiger partial charge in [-0.1, -0.05) is 31.2 Å². The molecule has 102 valence electrons. The van der Waals surface area contributed by atoms with Crippen molar-refractivity contribution in [2.24, 2.45) is 0 Å². The molecule has 1 aromatic heterocycles. The average Bonchev–Trinajstić information content (AvgIpc) is 2.94. The smallest absolute Gasteiger partial charge is 0.123 e. The molecule has 0 spiro atoms. The molecule has 0 saturated carbocycles. The van der Waals surface area contributed by atoms with Crippen LogP contribution >= 0.6 is 11.3 Å². The number of phenols is 1. The number of nitrogens with zero attached hydrogens (tertiary/aromatic N) is 1. The Balaban J connectivity index is 1.85. The highest BCUT2D eigenvalue weighted by atomic mass is 32.1. The van der Waals surface area contributed by atoms with Crippen LogP contribution in [0, 0.1) is 0 Å². The number of rotatable bonds is 4. The third-order valence-corrected chi connectivity index (χ3v) is 4.40. The molecular formula is C16H16N2OS. The molecule has 0 bridgehead atoms. The molecule has 0 aliphatic rings. The number of phenolic OH excluding ortho intramolecular Hbond substituents is 1. The van der Waals surface area contributed by atoms with E-state index in [0.29, 0.717) is 5.75 Å². The average molecular weight is 284 g/mol. The molecule has 0 amide bonds. The summed E-state index contributed by atoms with van der Waals surface area (Å²) in [6.07, 6.45) is 2.91. The molecular weight excluding hydrogens is 268 g/mol. The van der Waals surface area contributed by atoms with Crippen molar-refractivity contribution in [3.63, 3.8) is 0 Å². The number of aryl methyl sites for hydroxylation is 1. The molecule has 0 aliphatic carbocycles. The van der Waals surface area contributed by atoms with Crippen LogP contribution in [0.2, 0.25) is 0 Å². The minimum absolute atomic E-state index is 0.317. The Kier molecular flexibility index (Phi) is 3.56. The normalized spacial score (nSPS) is 10.8. The van der Waals surface area contributed by atoms with Gasteiger partial charge in [0.2, 0.25) is 0 Å². The summed E-state index contributed by atoms with van der Waals surface area (Å²) in [7, 11) is 0. The van der Waals surface area contributed by atoms with E-state index < -0.39 is 0 Å². The van der Waals surface area contributed by atoms with E-state index in [9.17, 15) is 5.11 Å². The number of aromatic hydroxyl groups is 1. The summed E-state index contributed by atoms with van der Waals surface area (Å²) in [4.78, 5) is 5.58. The highest BCUT2D eigenvalue weighted by molar-refractivity contribution is 7.11. The van der Waals surface area contributed by atoms with E-state index in [-0.39, 0.29) is 0 Å². The van der Waals surface area contributed by atoms with Gasteiger partial charge >= 0.3 is 0 Å². The fraction of sp³-hybridized carbons (Fsp3) is 0.188. The lowest BCUT2D eigenvalue weighted by molar-refractivity contribution is 0.481. The summed E-state index contributed by atoms with van der Waals surface area (Å²) in [5.41, 5.74) is 1.03. The third kappa shape index (κ3) is 2.47. The fourth-order valence-electron chi connectivity index (χ4n) is 2.22. The molecule has 20 heavy (non-hydrogen) atoms. The SMILES string of the molecule is CCc1ncc(CNc2cccc3c(O)cccc23)s1. The third-order valence-electron chi connectivity index (χ3n) is 3.26. The lowest BCUT2D eigenvalue weighted by Crippen LogP contribution is -1.97. The van der Waals surface area contributed by atoms with Crippen molar-refractivity contribution in [3.05, 3.63) is 52.5 Å². The molecule has 2 aromatic carbocycles. The summed E-state index contributed by atoms with van der Waals surface area (Å²) in [6, 6.07) is 11.5. The van der Waals surface area contributed by atoms with Crippen LogP contribution in [0.25, 0.3) is 10.8 Å². The number of nitrogens with one attached hydrogen (secondary N) is 1. The summed E-state index contributed by atoms with van der Waals surface area (Å²) >= 11 is 1.74. The van der Waals surface area contributed by atoms with Crippen molar-refractivity contribution < 1.29 is 5.11 Å². The minimum atomic E-state index is 0.317. The predicted octanol–water partition coefficient (Wildman–Crippen LogP) is 4.18. The Morgan fingerprint density at radius 1 is 1.15 bits per heavy atom. The monoisotopic (exact) mass is 284 g/mol. The van der Waals surface area contributed by atoms with Gasteiger partial charge in [0.25, 0.3) is 0 Å². The fourth-order valence-corrected chi connectivity index (χ4v) is 3.03. The van der Waals surface area contributed by atoms with Gasteiger partial charge in [0.05, 0.1) is 11.6 Å². The first-order chi connectivity index (χ1) is 9.78. The molecule has 0 unspecified atom stereocenters. The molecule has 3 rings (SSSR count). The molecule has 0 fully saturated rings. The van der Waals surface area contributed by atoms with Gasteiger partial charge in [-0.3, -0.25) is 0 Å². The van der Waals surface area contributed by atoms with Crippen molar-refractivity contribution in [1.29, 1.82) is 0 Å². The zero-order valence-corrected chi connectivity index (χ0v) is 12.1. The van der Waals surface area contributed by atoms with E-state index in [4.69, 9.17) is 0 Å². The Labute approximate surface area is 121 Å². The first-order valence-corrected chi connectivity index (χ1v) is 7.47. The van der Waals surface area contributed by atoms with Crippen molar-refractivity contribution in [1.82, 2.24) is 4.98 Å². The summed E-state index contributed by atoms with van der Waals surface area (Å²) in [5.74, 6) is 0.317. The van der Waals surface area contributed by atoms with Gasteiger partial charge in [-0.2, -0.15) is 0 Å². The maximum atomic E-state index is 9.88. The number of aromatic nitrogens is 1. The van der Waals surface area contributed by atoms with Crippen molar-refractivity contribution in [2.75, 3.05) is 5.32 Å². The number of thiazole rings is 1. The van der Waals surface area contributed by atoms with Gasteiger partial charge in [-0.05, 0) is 18.6 Å². The quantitative estimate of drug-likeness (QED) is 0.755. The first-order valence-electron chi connectivity index (χ1n) is 6.66. The number of benzene rings is 2. The summed E-state index contributed by atoms with van der Waals surface area (Å²) in [6.45, 7) is 2.87. The van der Waals surface area contributed by atoms with Crippen LogP contribution in [0.3, 0.4) is 0 Å². The van der Waals surface area contributed by atoms with Crippen LogP contribution in [0.4, 0.5) is 5.69 Å². The van der Waals surface area contributed by atoms with Crippen LogP contribution in [0.1, 0.15) is 16.8 Å². The molecule has 3 aromatic rings. The van der Waals surface area contributed by atoms with Gasteiger partial charge < -0.3 is 10.4 Å². The van der Waals surface area contributed by atoms with Gasteiger partial charge in [0.15, 0.2) is 0 Å². The highest BCUT2D eigenvalue weighted by Gasteiger charge is 2.05. The molecule has 0 saturated heterocycles. The highest BCUT2D eigenvalue weighted by Crippen LogP contribution is 2.30. The van der Waals surface area contributed by atoms with Crippen LogP contribution in [-0.4, -0.2) is 10.1 Å². The van der Waals surface area contributed by atoms with Gasteiger partial charge in [0.1, 0.15) is 5.75 Å². The molecule has 3 nitrogen and oxygen atoms in total. The lowest BCUT2D eigenvalue weighted by atomic mass is 10.1. The Morgan fingerprint density at radius 3 is 2.75 bits per heavy atom. The zero-order valence-electron chi connectivity index (χ0n) is 11.3. The number of fused-ring (bicyclic) bond motifs is 1. The second-order valence-corrected chi connectivity index (χ2v) is 5.81. The number of anilines is 1. The maximum Gasteiger partial charge on any atom is 0.123 e. The second-order valence-electron chi connectivity index (χ2n) is 4.61. The number of hydrogen-bond donors (Lipinski definition) is 2. The second kappa shape index (κ2) is 5.51. The topological polar surface area (TPSA) is 45.2 Å². The summed E-state index contributed by atoms with van der Waals surface area (Å²) in [5, 5.41) is 16.4. The Morgan fingerprint density at radius 2 is 1.95 bits per heavy atom. The van der Waals surface area contributed by atoms with Crippen LogP contribution in [-0.2, 0) is 13.0 Å². The van der Waals surface area contributed by atoms with Crippen LogP contribution < -0.4 is 5.32 Å². The van der Waals surface area contributed by atoms with E-state index >= 15 is 0 Å². The molecule has 4 heteroatoms. The zero-order chi connectivity index (χ0) is 13.9. The lowest BCUT2D eigenvalue weighted by Gasteiger charge is -2.09. The molecule has 2 N–H and O–H groups in total. The van der Waals surface area contributed by atoms with Crippen molar-refractivity contribution >= 4 is 27.8 Å². The number of hydrogen-bond acceptors (Lipinski definition) is 4. The summed E-state index contributed by atoms with van der Waals surface area (Å²) < 4.78 is 0. The molecule has 0 radical (unpaired) electrons. The van der Waals surface area contributed by atoms with Gasteiger partial charge in [-0.25, -0.2) is 4.98 Å². The van der Waals surface area contributed by atoms with E-state index in [2.05, 4.69) is 17.2 Å². The van der Waals surface area contributed by atoms with Crippen molar-refractivity contribution in [3.8, 4) is 5.75 Å². The first kappa shape index (κ1) is 12.9. The van der Waals surface area contributed by atoms with Crippen LogP contribution in [0.5, 0.6) is 5.75 Å². The molecule has 1 heterocycles. The standard InChI is InChI=1S/C16H16N2OS/c1-2-16-18-10-11(20-16)9-17-14-7-3-6-13-12(14)5-4-8-15(13)19/h3-8,10,17,19H,2,9H2,1H3. The van der Waals surface area contributed by atoms with E-state index in [0.717, 1.165) is 34.4 Å². The molecule has 0 aliphatic heterocycles. The van der Waals surface area contributed by atoms with Gasteiger partial charge in [0, 0.05) is 27.5 Å².